The zero-order valence-corrected chi connectivity index (χ0v) is 20.8. The molecule has 0 spiro atoms. The van der Waals surface area contributed by atoms with E-state index in [0.717, 1.165) is 30.6 Å². The van der Waals surface area contributed by atoms with Crippen LogP contribution in [0.1, 0.15) is 41.0 Å². The van der Waals surface area contributed by atoms with Gasteiger partial charge in [0.25, 0.3) is 5.91 Å². The number of rotatable bonds is 7. The van der Waals surface area contributed by atoms with Crippen LogP contribution in [0.25, 0.3) is 11.1 Å². The van der Waals surface area contributed by atoms with Gasteiger partial charge in [-0.05, 0) is 62.1 Å². The van der Waals surface area contributed by atoms with Gasteiger partial charge in [-0.25, -0.2) is 9.48 Å². The van der Waals surface area contributed by atoms with Gasteiger partial charge in [-0.15, -0.1) is 5.10 Å². The second-order valence-electron chi connectivity index (χ2n) is 9.06. The van der Waals surface area contributed by atoms with Gasteiger partial charge in [-0.2, -0.15) is 0 Å². The maximum absolute atomic E-state index is 13.0. The Bertz CT molecular complexity index is 1490. The third-order valence-corrected chi connectivity index (χ3v) is 6.62. The summed E-state index contributed by atoms with van der Waals surface area (Å²) in [7, 11) is 1.61. The molecule has 0 radical (unpaired) electrons. The summed E-state index contributed by atoms with van der Waals surface area (Å²) in [4.78, 5) is 40.0. The van der Waals surface area contributed by atoms with E-state index in [1.54, 1.807) is 41.8 Å². The van der Waals surface area contributed by atoms with Crippen molar-refractivity contribution in [2.45, 2.75) is 39.3 Å². The largest absolute Gasteiger partial charge is 0.497 e. The molecule has 1 aliphatic rings. The number of ether oxygens (including phenoxy) is 1. The Hall–Kier alpha value is -4.41. The van der Waals surface area contributed by atoms with Crippen molar-refractivity contribution in [1.82, 2.24) is 24.5 Å². The van der Waals surface area contributed by atoms with Crippen LogP contribution in [0.4, 0.5) is 5.69 Å². The third kappa shape index (κ3) is 5.11. The lowest BCUT2D eigenvalue weighted by Crippen LogP contribution is -2.39. The molecule has 0 saturated carbocycles. The molecule has 5 rings (SSSR count). The number of piperidine rings is 1. The van der Waals surface area contributed by atoms with Gasteiger partial charge < -0.3 is 19.4 Å². The fourth-order valence-corrected chi connectivity index (χ4v) is 4.48. The molecule has 3 heterocycles. The topological polar surface area (TPSA) is 124 Å². The van der Waals surface area contributed by atoms with E-state index in [4.69, 9.17) is 9.15 Å². The zero-order chi connectivity index (χ0) is 25.9. The first-order chi connectivity index (χ1) is 17.9. The number of likely N-dealkylation sites (tertiary alicyclic amines) is 1. The zero-order valence-electron chi connectivity index (χ0n) is 20.8. The van der Waals surface area contributed by atoms with Crippen LogP contribution in [0.2, 0.25) is 0 Å². The molecule has 1 saturated heterocycles. The Balaban J connectivity index is 1.32. The van der Waals surface area contributed by atoms with Gasteiger partial charge >= 0.3 is 5.76 Å². The van der Waals surface area contributed by atoms with Gasteiger partial charge in [-0.3, -0.25) is 14.2 Å². The lowest BCUT2D eigenvalue weighted by molar-refractivity contribution is -0.132. The van der Waals surface area contributed by atoms with Crippen LogP contribution >= 0.6 is 0 Å². The fraction of sp³-hybridized carbons (Fsp3) is 0.346. The Morgan fingerprint density at radius 1 is 1.08 bits per heavy atom. The minimum absolute atomic E-state index is 0.109. The molecular formula is C26H28N6O5. The lowest BCUT2D eigenvalue weighted by atomic mass is 10.1. The number of oxazole rings is 1. The van der Waals surface area contributed by atoms with Crippen molar-refractivity contribution in [2.24, 2.45) is 0 Å². The van der Waals surface area contributed by atoms with Crippen molar-refractivity contribution in [3.63, 3.8) is 0 Å². The number of benzene rings is 2. The smallest absolute Gasteiger partial charge is 0.420 e. The van der Waals surface area contributed by atoms with E-state index in [1.807, 2.05) is 24.3 Å². The van der Waals surface area contributed by atoms with E-state index < -0.39 is 11.7 Å². The average Bonchev–Trinajstić information content (AvgIpc) is 3.43. The summed E-state index contributed by atoms with van der Waals surface area (Å²) in [5.41, 5.74) is 3.02. The molecule has 2 amide bonds. The Morgan fingerprint density at radius 2 is 1.84 bits per heavy atom. The molecule has 0 atom stereocenters. The molecule has 2 aromatic carbocycles. The number of anilines is 1. The van der Waals surface area contributed by atoms with Crippen LogP contribution in [-0.4, -0.2) is 56.5 Å². The SMILES string of the molecule is COc1ccc(Cn2nnc(C(=O)Nc3ccc4oc(=O)n(CC(=O)N5CCCCC5)c4c3)c2C)cc1. The fourth-order valence-electron chi connectivity index (χ4n) is 4.48. The second kappa shape index (κ2) is 10.3. The number of methoxy groups -OCH3 is 1. The molecule has 4 aromatic rings. The van der Waals surface area contributed by atoms with E-state index in [9.17, 15) is 14.4 Å². The molecule has 0 bridgehead atoms. The number of aromatic nitrogens is 4. The number of carbonyl (C=O) groups excluding carboxylic acids is 2. The molecule has 1 N–H and O–H groups in total. The van der Waals surface area contributed by atoms with E-state index in [2.05, 4.69) is 15.6 Å². The molecule has 0 unspecified atom stereocenters. The predicted octanol–water partition coefficient (Wildman–Crippen LogP) is 2.82. The number of amides is 2. The number of nitrogens with one attached hydrogen (secondary N) is 1. The Labute approximate surface area is 212 Å². The molecule has 0 aliphatic carbocycles. The van der Waals surface area contributed by atoms with Crippen LogP contribution in [0.3, 0.4) is 0 Å². The molecular weight excluding hydrogens is 476 g/mol. The van der Waals surface area contributed by atoms with Gasteiger partial charge in [0.15, 0.2) is 11.3 Å². The van der Waals surface area contributed by atoms with E-state index >= 15 is 0 Å². The van der Waals surface area contributed by atoms with Crippen molar-refractivity contribution in [1.29, 1.82) is 0 Å². The van der Waals surface area contributed by atoms with Crippen molar-refractivity contribution in [3.05, 3.63) is 70.0 Å². The first-order valence-corrected chi connectivity index (χ1v) is 12.2. The summed E-state index contributed by atoms with van der Waals surface area (Å²) in [5, 5.41) is 11.0. The molecule has 2 aromatic heterocycles. The molecule has 11 nitrogen and oxygen atoms in total. The van der Waals surface area contributed by atoms with Crippen molar-refractivity contribution in [2.75, 3.05) is 25.5 Å². The Morgan fingerprint density at radius 3 is 2.57 bits per heavy atom. The van der Waals surface area contributed by atoms with Crippen LogP contribution in [0.15, 0.2) is 51.7 Å². The van der Waals surface area contributed by atoms with Crippen molar-refractivity contribution < 1.29 is 18.7 Å². The van der Waals surface area contributed by atoms with E-state index in [1.165, 1.54) is 4.57 Å². The maximum Gasteiger partial charge on any atom is 0.420 e. The van der Waals surface area contributed by atoms with E-state index in [0.29, 0.717) is 42.1 Å². The van der Waals surface area contributed by atoms with Crippen molar-refractivity contribution >= 4 is 28.6 Å². The van der Waals surface area contributed by atoms with E-state index in [-0.39, 0.29) is 18.1 Å². The summed E-state index contributed by atoms with van der Waals surface area (Å²) in [5.74, 6) is -0.404. The third-order valence-electron chi connectivity index (χ3n) is 6.62. The standard InChI is InChI=1S/C26H28N6O5/c1-17-24(28-29-32(17)15-18-6-9-20(36-2)10-7-18)25(34)27-19-8-11-22-21(14-19)31(26(35)37-22)16-23(33)30-12-4-3-5-13-30/h6-11,14H,3-5,12-13,15-16H2,1-2H3,(H,27,34). The van der Waals surface area contributed by atoms with Gasteiger partial charge in [0, 0.05) is 18.8 Å². The summed E-state index contributed by atoms with van der Waals surface area (Å²) in [6.07, 6.45) is 3.04. The summed E-state index contributed by atoms with van der Waals surface area (Å²) >= 11 is 0. The van der Waals surface area contributed by atoms with Crippen LogP contribution < -0.4 is 15.8 Å². The highest BCUT2D eigenvalue weighted by atomic mass is 16.5. The average molecular weight is 505 g/mol. The number of hydrogen-bond acceptors (Lipinski definition) is 7. The quantitative estimate of drug-likeness (QED) is 0.410. The summed E-state index contributed by atoms with van der Waals surface area (Å²) < 4.78 is 13.5. The normalized spacial score (nSPS) is 13.6. The minimum atomic E-state index is -0.610. The lowest BCUT2D eigenvalue weighted by Gasteiger charge is -2.26. The van der Waals surface area contributed by atoms with Crippen LogP contribution in [0, 0.1) is 6.92 Å². The molecule has 192 valence electrons. The summed E-state index contributed by atoms with van der Waals surface area (Å²) in [6.45, 7) is 3.52. The minimum Gasteiger partial charge on any atom is -0.497 e. The first-order valence-electron chi connectivity index (χ1n) is 12.2. The second-order valence-corrected chi connectivity index (χ2v) is 9.06. The first kappa shape index (κ1) is 24.3. The van der Waals surface area contributed by atoms with Crippen molar-refractivity contribution in [3.8, 4) is 5.75 Å². The molecule has 1 aliphatic heterocycles. The number of hydrogen-bond donors (Lipinski definition) is 1. The molecule has 11 heteroatoms. The molecule has 37 heavy (non-hydrogen) atoms. The highest BCUT2D eigenvalue weighted by molar-refractivity contribution is 6.04. The highest BCUT2D eigenvalue weighted by Gasteiger charge is 2.21. The Kier molecular flexibility index (Phi) is 6.76. The number of fused-ring (bicyclic) bond motifs is 1. The van der Waals surface area contributed by atoms with Gasteiger partial charge in [0.1, 0.15) is 12.3 Å². The summed E-state index contributed by atoms with van der Waals surface area (Å²) in [6, 6.07) is 12.4. The maximum atomic E-state index is 13.0. The van der Waals surface area contributed by atoms with Crippen LogP contribution in [-0.2, 0) is 17.9 Å². The number of carbonyl (C=O) groups is 2. The van der Waals surface area contributed by atoms with Crippen LogP contribution in [0.5, 0.6) is 5.75 Å². The predicted molar refractivity (Wildman–Crippen MR) is 136 cm³/mol. The van der Waals surface area contributed by atoms with Gasteiger partial charge in [0.05, 0.1) is 24.9 Å². The van der Waals surface area contributed by atoms with Gasteiger partial charge in [-0.1, -0.05) is 17.3 Å². The monoisotopic (exact) mass is 504 g/mol. The molecule has 1 fully saturated rings. The highest BCUT2D eigenvalue weighted by Crippen LogP contribution is 2.21. The number of nitrogens with zero attached hydrogens (tertiary/aromatic N) is 5. The van der Waals surface area contributed by atoms with Gasteiger partial charge in [0.2, 0.25) is 5.91 Å².